The highest BCUT2D eigenvalue weighted by Crippen LogP contribution is 2.31. The number of nitrogen functional groups attached to an aromatic ring is 1. The van der Waals surface area contributed by atoms with Crippen LogP contribution in [0.5, 0.6) is 0 Å². The molecule has 1 aromatic carbocycles. The molecule has 0 radical (unpaired) electrons. The Morgan fingerprint density at radius 2 is 1.95 bits per heavy atom. The van der Waals surface area contributed by atoms with E-state index in [4.69, 9.17) is 5.73 Å². The van der Waals surface area contributed by atoms with Gasteiger partial charge in [-0.25, -0.2) is 4.39 Å². The third kappa shape index (κ3) is 2.90. The summed E-state index contributed by atoms with van der Waals surface area (Å²) in [7, 11) is 0. The van der Waals surface area contributed by atoms with E-state index in [1.807, 2.05) is 0 Å². The number of benzene rings is 1. The molecular formula is C12H9F4N3O. The number of carbonyl (C=O) groups excluding carboxylic acids is 1. The quantitative estimate of drug-likeness (QED) is 0.743. The lowest BCUT2D eigenvalue weighted by atomic mass is 10.2. The molecule has 1 amide bonds. The van der Waals surface area contributed by atoms with E-state index in [0.717, 1.165) is 0 Å². The van der Waals surface area contributed by atoms with Gasteiger partial charge in [0.2, 0.25) is 0 Å². The van der Waals surface area contributed by atoms with Crippen LogP contribution in [0.1, 0.15) is 16.1 Å². The van der Waals surface area contributed by atoms with Crippen LogP contribution in [0.15, 0.2) is 30.5 Å². The molecule has 0 spiro atoms. The van der Waals surface area contributed by atoms with E-state index in [0.29, 0.717) is 18.2 Å². The average molecular weight is 287 g/mol. The highest BCUT2D eigenvalue weighted by atomic mass is 19.4. The van der Waals surface area contributed by atoms with Crippen molar-refractivity contribution in [3.8, 4) is 0 Å². The molecule has 0 bridgehead atoms. The molecule has 2 aromatic rings. The van der Waals surface area contributed by atoms with Gasteiger partial charge in [-0.1, -0.05) is 0 Å². The van der Waals surface area contributed by atoms with Crippen LogP contribution in [0, 0.1) is 5.82 Å². The van der Waals surface area contributed by atoms with E-state index in [1.165, 1.54) is 12.3 Å². The minimum atomic E-state index is -4.62. The number of hydrogen-bond acceptors (Lipinski definition) is 2. The number of hydrogen-bond donors (Lipinski definition) is 3. The molecule has 20 heavy (non-hydrogen) atoms. The first-order chi connectivity index (χ1) is 9.27. The van der Waals surface area contributed by atoms with Crippen molar-refractivity contribution in [2.24, 2.45) is 0 Å². The highest BCUT2D eigenvalue weighted by Gasteiger charge is 2.31. The van der Waals surface area contributed by atoms with E-state index in [-0.39, 0.29) is 11.4 Å². The molecule has 1 heterocycles. The number of carbonyl (C=O) groups is 1. The second kappa shape index (κ2) is 4.87. The van der Waals surface area contributed by atoms with Gasteiger partial charge in [-0.05, 0) is 24.3 Å². The van der Waals surface area contributed by atoms with Gasteiger partial charge >= 0.3 is 6.18 Å². The molecule has 0 fully saturated rings. The fourth-order valence-electron chi connectivity index (χ4n) is 1.53. The van der Waals surface area contributed by atoms with Gasteiger partial charge in [0.1, 0.15) is 11.5 Å². The SMILES string of the molecule is Nc1c[nH]c(C(=O)Nc2cc(C(F)(F)F)ccc2F)c1. The first-order valence-electron chi connectivity index (χ1n) is 5.39. The van der Waals surface area contributed by atoms with Gasteiger partial charge in [-0.2, -0.15) is 13.2 Å². The molecule has 4 N–H and O–H groups in total. The Balaban J connectivity index is 2.27. The minimum absolute atomic E-state index is 0.0133. The van der Waals surface area contributed by atoms with Crippen LogP contribution in [0.4, 0.5) is 28.9 Å². The van der Waals surface area contributed by atoms with Crippen LogP contribution in [0.3, 0.4) is 0 Å². The third-order valence-corrected chi connectivity index (χ3v) is 2.49. The zero-order chi connectivity index (χ0) is 14.9. The Morgan fingerprint density at radius 1 is 1.25 bits per heavy atom. The van der Waals surface area contributed by atoms with Gasteiger partial charge in [0, 0.05) is 11.9 Å². The maximum absolute atomic E-state index is 13.4. The monoisotopic (exact) mass is 287 g/mol. The summed E-state index contributed by atoms with van der Waals surface area (Å²) in [6.45, 7) is 0. The fourth-order valence-corrected chi connectivity index (χ4v) is 1.53. The lowest BCUT2D eigenvalue weighted by Gasteiger charge is -2.10. The molecule has 106 valence electrons. The fraction of sp³-hybridized carbons (Fsp3) is 0.0833. The number of rotatable bonds is 2. The van der Waals surface area contributed by atoms with Crippen LogP contribution in [-0.2, 0) is 6.18 Å². The molecule has 0 aliphatic rings. The van der Waals surface area contributed by atoms with Gasteiger partial charge in [-0.3, -0.25) is 4.79 Å². The molecule has 0 atom stereocenters. The Bertz CT molecular complexity index is 648. The Kier molecular flexibility index (Phi) is 3.39. The summed E-state index contributed by atoms with van der Waals surface area (Å²) in [5.41, 5.74) is 4.06. The number of nitrogens with one attached hydrogen (secondary N) is 2. The summed E-state index contributed by atoms with van der Waals surface area (Å²) in [4.78, 5) is 14.2. The summed E-state index contributed by atoms with van der Waals surface area (Å²) in [6, 6.07) is 3.04. The van der Waals surface area contributed by atoms with Crippen molar-refractivity contribution in [1.82, 2.24) is 4.98 Å². The summed E-state index contributed by atoms with van der Waals surface area (Å²) in [5.74, 6) is -1.76. The topological polar surface area (TPSA) is 70.9 Å². The standard InChI is InChI=1S/C12H9F4N3O/c13-8-2-1-6(12(14,15)16)3-9(8)19-11(20)10-4-7(17)5-18-10/h1-5,18H,17H2,(H,19,20). The largest absolute Gasteiger partial charge is 0.416 e. The summed E-state index contributed by atoms with van der Waals surface area (Å²) in [5, 5.41) is 2.05. The van der Waals surface area contributed by atoms with Crippen molar-refractivity contribution in [2.75, 3.05) is 11.1 Å². The van der Waals surface area contributed by atoms with Gasteiger partial charge in [-0.15, -0.1) is 0 Å². The normalized spacial score (nSPS) is 11.4. The van der Waals surface area contributed by atoms with Crippen molar-refractivity contribution < 1.29 is 22.4 Å². The van der Waals surface area contributed by atoms with Crippen molar-refractivity contribution in [3.63, 3.8) is 0 Å². The van der Waals surface area contributed by atoms with Gasteiger partial charge in [0.15, 0.2) is 0 Å². The maximum atomic E-state index is 13.4. The van der Waals surface area contributed by atoms with Crippen molar-refractivity contribution >= 4 is 17.3 Å². The van der Waals surface area contributed by atoms with Gasteiger partial charge in [0.05, 0.1) is 11.3 Å². The highest BCUT2D eigenvalue weighted by molar-refractivity contribution is 6.03. The molecule has 8 heteroatoms. The molecule has 0 aliphatic heterocycles. The van der Waals surface area contributed by atoms with E-state index in [2.05, 4.69) is 10.3 Å². The lowest BCUT2D eigenvalue weighted by molar-refractivity contribution is -0.137. The Hall–Kier alpha value is -2.51. The molecular weight excluding hydrogens is 278 g/mol. The first-order valence-corrected chi connectivity index (χ1v) is 5.39. The van der Waals surface area contributed by atoms with E-state index >= 15 is 0 Å². The smallest absolute Gasteiger partial charge is 0.397 e. The van der Waals surface area contributed by atoms with E-state index in [9.17, 15) is 22.4 Å². The van der Waals surface area contributed by atoms with Gasteiger partial charge in [0.25, 0.3) is 5.91 Å². The van der Waals surface area contributed by atoms with E-state index in [1.54, 1.807) is 0 Å². The summed E-state index contributed by atoms with van der Waals surface area (Å²) < 4.78 is 50.9. The average Bonchev–Trinajstić information content (AvgIpc) is 2.77. The van der Waals surface area contributed by atoms with Crippen LogP contribution in [0.2, 0.25) is 0 Å². The molecule has 0 saturated carbocycles. The number of aromatic amines is 1. The summed E-state index contributed by atoms with van der Waals surface area (Å²) in [6.07, 6.45) is -3.29. The zero-order valence-corrected chi connectivity index (χ0v) is 9.88. The van der Waals surface area contributed by atoms with Crippen LogP contribution in [-0.4, -0.2) is 10.9 Å². The van der Waals surface area contributed by atoms with Crippen LogP contribution >= 0.6 is 0 Å². The molecule has 2 rings (SSSR count). The number of H-pyrrole nitrogens is 1. The third-order valence-electron chi connectivity index (χ3n) is 2.49. The number of nitrogens with two attached hydrogens (primary N) is 1. The van der Waals surface area contributed by atoms with Crippen LogP contribution < -0.4 is 11.1 Å². The molecule has 0 aliphatic carbocycles. The predicted octanol–water partition coefficient (Wildman–Crippen LogP) is 3.01. The molecule has 0 saturated heterocycles. The number of halogens is 4. The summed E-state index contributed by atoms with van der Waals surface area (Å²) >= 11 is 0. The van der Waals surface area contributed by atoms with Crippen molar-refractivity contribution in [2.45, 2.75) is 6.18 Å². The zero-order valence-electron chi connectivity index (χ0n) is 9.88. The Morgan fingerprint density at radius 3 is 2.50 bits per heavy atom. The molecule has 0 unspecified atom stereocenters. The second-order valence-electron chi connectivity index (χ2n) is 3.99. The second-order valence-corrected chi connectivity index (χ2v) is 3.99. The number of alkyl halides is 3. The van der Waals surface area contributed by atoms with Crippen molar-refractivity contribution in [3.05, 3.63) is 47.5 Å². The Labute approximate surface area is 110 Å². The number of anilines is 2. The van der Waals surface area contributed by atoms with Gasteiger partial charge < -0.3 is 16.0 Å². The number of aromatic nitrogens is 1. The predicted molar refractivity (Wildman–Crippen MR) is 64.6 cm³/mol. The first kappa shape index (κ1) is 13.9. The molecule has 4 nitrogen and oxygen atoms in total. The maximum Gasteiger partial charge on any atom is 0.416 e. The minimum Gasteiger partial charge on any atom is -0.397 e. The van der Waals surface area contributed by atoms with Crippen molar-refractivity contribution in [1.29, 1.82) is 0 Å². The number of amides is 1. The van der Waals surface area contributed by atoms with E-state index < -0.39 is 29.2 Å². The lowest BCUT2D eigenvalue weighted by Crippen LogP contribution is -2.14. The van der Waals surface area contributed by atoms with Crippen LogP contribution in [0.25, 0.3) is 0 Å². The molecule has 1 aromatic heterocycles.